The minimum atomic E-state index is -0.613. The van der Waals surface area contributed by atoms with Gasteiger partial charge in [0.25, 0.3) is 17.7 Å². The molecule has 1 aliphatic rings. The van der Waals surface area contributed by atoms with E-state index in [1.54, 1.807) is 0 Å². The van der Waals surface area contributed by atoms with Crippen LogP contribution in [0.3, 0.4) is 0 Å². The van der Waals surface area contributed by atoms with E-state index in [9.17, 15) is 19.5 Å². The average Bonchev–Trinajstić information content (AvgIpc) is 2.74. The summed E-state index contributed by atoms with van der Waals surface area (Å²) in [6, 6.07) is 7.18. The highest BCUT2D eigenvalue weighted by atomic mass is 16.3. The van der Waals surface area contributed by atoms with E-state index in [0.717, 1.165) is 0 Å². The Bertz CT molecular complexity index is 786. The molecular formula is C14H9N3O4. The number of nitrogens with one attached hydrogen (secondary N) is 2. The zero-order valence-electron chi connectivity index (χ0n) is 10.6. The van der Waals surface area contributed by atoms with Crippen molar-refractivity contribution >= 4 is 23.4 Å². The SMILES string of the molecule is O=C1NC(=O)c2cc(NC(=O)c3ncccc3O)ccc21. The third kappa shape index (κ3) is 2.20. The van der Waals surface area contributed by atoms with E-state index >= 15 is 0 Å². The van der Waals surface area contributed by atoms with Crippen LogP contribution in [0.25, 0.3) is 0 Å². The summed E-state index contributed by atoms with van der Waals surface area (Å²) in [5.41, 5.74) is 0.661. The Balaban J connectivity index is 1.88. The molecule has 3 rings (SSSR count). The zero-order valence-corrected chi connectivity index (χ0v) is 10.6. The Kier molecular flexibility index (Phi) is 2.87. The van der Waals surface area contributed by atoms with E-state index in [1.807, 2.05) is 0 Å². The summed E-state index contributed by atoms with van der Waals surface area (Å²) in [4.78, 5) is 38.7. The van der Waals surface area contributed by atoms with Gasteiger partial charge in [-0.2, -0.15) is 0 Å². The Labute approximate surface area is 118 Å². The van der Waals surface area contributed by atoms with Crippen molar-refractivity contribution in [1.82, 2.24) is 10.3 Å². The third-order valence-electron chi connectivity index (χ3n) is 3.00. The lowest BCUT2D eigenvalue weighted by molar-refractivity contribution is 0.0878. The summed E-state index contributed by atoms with van der Waals surface area (Å²) in [6.45, 7) is 0. The summed E-state index contributed by atoms with van der Waals surface area (Å²) in [6.07, 6.45) is 1.38. The molecule has 0 unspecified atom stereocenters. The van der Waals surface area contributed by atoms with Gasteiger partial charge in [0.2, 0.25) is 0 Å². The highest BCUT2D eigenvalue weighted by Gasteiger charge is 2.27. The van der Waals surface area contributed by atoms with Crippen molar-refractivity contribution in [3.05, 3.63) is 53.3 Å². The van der Waals surface area contributed by atoms with Crippen molar-refractivity contribution in [2.24, 2.45) is 0 Å². The molecule has 3 N–H and O–H groups in total. The molecule has 1 aromatic carbocycles. The fourth-order valence-corrected chi connectivity index (χ4v) is 2.01. The Hall–Kier alpha value is -3.22. The van der Waals surface area contributed by atoms with Crippen molar-refractivity contribution in [2.45, 2.75) is 0 Å². The largest absolute Gasteiger partial charge is 0.505 e. The molecule has 0 saturated heterocycles. The summed E-state index contributed by atoms with van der Waals surface area (Å²) in [7, 11) is 0. The second kappa shape index (κ2) is 4.71. The van der Waals surface area contributed by atoms with Gasteiger partial charge in [-0.15, -0.1) is 0 Å². The van der Waals surface area contributed by atoms with Gasteiger partial charge in [0.15, 0.2) is 5.69 Å². The first kappa shape index (κ1) is 12.8. The van der Waals surface area contributed by atoms with Crippen molar-refractivity contribution in [2.75, 3.05) is 5.32 Å². The molecule has 21 heavy (non-hydrogen) atoms. The topological polar surface area (TPSA) is 108 Å². The number of benzene rings is 1. The maximum atomic E-state index is 12.0. The van der Waals surface area contributed by atoms with Crippen LogP contribution in [-0.4, -0.2) is 27.8 Å². The molecule has 7 heteroatoms. The van der Waals surface area contributed by atoms with Gasteiger partial charge in [0.1, 0.15) is 5.75 Å². The maximum Gasteiger partial charge on any atom is 0.278 e. The van der Waals surface area contributed by atoms with Gasteiger partial charge in [0.05, 0.1) is 11.1 Å². The summed E-state index contributed by atoms with van der Waals surface area (Å²) >= 11 is 0. The highest BCUT2D eigenvalue weighted by molar-refractivity contribution is 6.22. The molecule has 1 aliphatic heterocycles. The number of pyridine rings is 1. The van der Waals surface area contributed by atoms with Crippen LogP contribution < -0.4 is 10.6 Å². The Morgan fingerprint density at radius 1 is 1.14 bits per heavy atom. The fraction of sp³-hybridized carbons (Fsp3) is 0. The Morgan fingerprint density at radius 2 is 1.90 bits per heavy atom. The quantitative estimate of drug-likeness (QED) is 0.710. The van der Waals surface area contributed by atoms with Gasteiger partial charge in [0, 0.05) is 11.9 Å². The van der Waals surface area contributed by atoms with E-state index < -0.39 is 17.7 Å². The minimum Gasteiger partial charge on any atom is -0.505 e. The molecule has 1 aromatic heterocycles. The summed E-state index contributed by atoms with van der Waals surface area (Å²) < 4.78 is 0. The number of imide groups is 1. The van der Waals surface area contributed by atoms with Crippen LogP contribution >= 0.6 is 0 Å². The van der Waals surface area contributed by atoms with E-state index in [1.165, 1.54) is 36.5 Å². The van der Waals surface area contributed by atoms with E-state index in [4.69, 9.17) is 0 Å². The molecule has 3 amide bonds. The van der Waals surface area contributed by atoms with Crippen molar-refractivity contribution in [3.8, 4) is 5.75 Å². The van der Waals surface area contributed by atoms with Crippen molar-refractivity contribution in [3.63, 3.8) is 0 Å². The molecule has 0 bridgehead atoms. The van der Waals surface area contributed by atoms with Crippen LogP contribution in [0.15, 0.2) is 36.5 Å². The van der Waals surface area contributed by atoms with Gasteiger partial charge in [-0.05, 0) is 30.3 Å². The molecule has 7 nitrogen and oxygen atoms in total. The van der Waals surface area contributed by atoms with E-state index in [0.29, 0.717) is 5.69 Å². The molecule has 0 saturated carbocycles. The number of hydrogen-bond donors (Lipinski definition) is 3. The molecular weight excluding hydrogens is 274 g/mol. The van der Waals surface area contributed by atoms with Gasteiger partial charge in [-0.3, -0.25) is 19.7 Å². The van der Waals surface area contributed by atoms with Crippen LogP contribution in [0.5, 0.6) is 5.75 Å². The molecule has 0 fully saturated rings. The smallest absolute Gasteiger partial charge is 0.278 e. The first-order valence-corrected chi connectivity index (χ1v) is 6.01. The standard InChI is InChI=1S/C14H9N3O4/c18-10-2-1-5-15-11(10)14(21)16-7-3-4-8-9(6-7)13(20)17-12(8)19/h1-6,18H,(H,16,21)(H,17,19,20). The van der Waals surface area contributed by atoms with Gasteiger partial charge >= 0.3 is 0 Å². The van der Waals surface area contributed by atoms with Gasteiger partial charge in [-0.1, -0.05) is 0 Å². The lowest BCUT2D eigenvalue weighted by Crippen LogP contribution is -2.19. The molecule has 0 atom stereocenters. The summed E-state index contributed by atoms with van der Waals surface area (Å²) in [5, 5.41) is 14.2. The molecule has 0 radical (unpaired) electrons. The number of carbonyl (C=O) groups excluding carboxylic acids is 3. The van der Waals surface area contributed by atoms with Crippen LogP contribution in [0.1, 0.15) is 31.2 Å². The zero-order chi connectivity index (χ0) is 15.0. The molecule has 0 spiro atoms. The molecule has 0 aliphatic carbocycles. The lowest BCUT2D eigenvalue weighted by Gasteiger charge is -2.06. The second-order valence-corrected chi connectivity index (χ2v) is 4.37. The fourth-order valence-electron chi connectivity index (χ4n) is 2.01. The number of fused-ring (bicyclic) bond motifs is 1. The third-order valence-corrected chi connectivity index (χ3v) is 3.00. The minimum absolute atomic E-state index is 0.126. The Morgan fingerprint density at radius 3 is 2.67 bits per heavy atom. The van der Waals surface area contributed by atoms with Gasteiger partial charge < -0.3 is 10.4 Å². The second-order valence-electron chi connectivity index (χ2n) is 4.37. The van der Waals surface area contributed by atoms with Crippen molar-refractivity contribution < 1.29 is 19.5 Å². The molecule has 2 heterocycles. The predicted molar refractivity (Wildman–Crippen MR) is 72.1 cm³/mol. The number of carbonyl (C=O) groups is 3. The number of amides is 3. The number of aromatic nitrogens is 1. The highest BCUT2D eigenvalue weighted by Crippen LogP contribution is 2.21. The normalized spacial score (nSPS) is 12.8. The predicted octanol–water partition coefficient (Wildman–Crippen LogP) is 0.923. The van der Waals surface area contributed by atoms with E-state index in [2.05, 4.69) is 15.6 Å². The number of rotatable bonds is 2. The first-order chi connectivity index (χ1) is 10.1. The van der Waals surface area contributed by atoms with Crippen LogP contribution in [0.4, 0.5) is 5.69 Å². The number of anilines is 1. The van der Waals surface area contributed by atoms with Crippen molar-refractivity contribution in [1.29, 1.82) is 0 Å². The van der Waals surface area contributed by atoms with Crippen LogP contribution in [0, 0.1) is 0 Å². The van der Waals surface area contributed by atoms with E-state index in [-0.39, 0.29) is 22.6 Å². The van der Waals surface area contributed by atoms with Crippen LogP contribution in [0.2, 0.25) is 0 Å². The first-order valence-electron chi connectivity index (χ1n) is 6.01. The monoisotopic (exact) mass is 283 g/mol. The molecule has 104 valence electrons. The van der Waals surface area contributed by atoms with Crippen LogP contribution in [-0.2, 0) is 0 Å². The number of hydrogen-bond acceptors (Lipinski definition) is 5. The summed E-state index contributed by atoms with van der Waals surface area (Å²) in [5.74, 6) is -1.83. The lowest BCUT2D eigenvalue weighted by atomic mass is 10.1. The number of nitrogens with zero attached hydrogens (tertiary/aromatic N) is 1. The van der Waals surface area contributed by atoms with Gasteiger partial charge in [-0.25, -0.2) is 4.98 Å². The maximum absolute atomic E-state index is 12.0. The number of aromatic hydroxyl groups is 1. The molecule has 2 aromatic rings. The average molecular weight is 283 g/mol.